The fourth-order valence-corrected chi connectivity index (χ4v) is 2.53. The zero-order valence-electron chi connectivity index (χ0n) is 8.61. The van der Waals surface area contributed by atoms with Gasteiger partial charge in [0, 0.05) is 5.69 Å². The Morgan fingerprint density at radius 3 is 2.12 bits per heavy atom. The van der Waals surface area contributed by atoms with Gasteiger partial charge in [-0.15, -0.1) is 0 Å². The van der Waals surface area contributed by atoms with Crippen LogP contribution in [0.15, 0.2) is 29.2 Å². The van der Waals surface area contributed by atoms with E-state index in [1.165, 1.54) is 24.3 Å². The van der Waals surface area contributed by atoms with Gasteiger partial charge in [-0.1, -0.05) is 0 Å². The molecule has 0 saturated heterocycles. The van der Waals surface area contributed by atoms with Crippen LogP contribution >= 0.6 is 0 Å². The van der Waals surface area contributed by atoms with Gasteiger partial charge in [0.25, 0.3) is 0 Å². The van der Waals surface area contributed by atoms with Crippen LogP contribution in [0.2, 0.25) is 0 Å². The van der Waals surface area contributed by atoms with Gasteiger partial charge in [-0.2, -0.15) is 8.42 Å². The molecule has 0 aliphatic rings. The second-order valence-corrected chi connectivity index (χ2v) is 6.34. The van der Waals surface area contributed by atoms with E-state index in [0.717, 1.165) is 0 Å². The van der Waals surface area contributed by atoms with Gasteiger partial charge in [-0.05, 0) is 24.3 Å². The molecule has 0 aliphatic carbocycles. The molecule has 7 nitrogen and oxygen atoms in total. The Labute approximate surface area is 99.1 Å². The molecule has 1 aromatic rings. The zero-order valence-corrected chi connectivity index (χ0v) is 10.2. The van der Waals surface area contributed by atoms with Crippen molar-refractivity contribution in [2.45, 2.75) is 4.90 Å². The lowest BCUT2D eigenvalue weighted by Gasteiger charge is -2.04. The minimum Gasteiger partial charge on any atom is -0.399 e. The fraction of sp³-hybridized carbons (Fsp3) is 0.250. The summed E-state index contributed by atoms with van der Waals surface area (Å²) in [5, 5.41) is 0. The third-order valence-corrected chi connectivity index (χ3v) is 3.98. The Morgan fingerprint density at radius 1 is 1.12 bits per heavy atom. The second-order valence-electron chi connectivity index (χ2n) is 3.14. The molecule has 17 heavy (non-hydrogen) atoms. The minimum atomic E-state index is -4.62. The third-order valence-electron chi connectivity index (χ3n) is 1.82. The molecule has 0 spiro atoms. The van der Waals surface area contributed by atoms with Crippen molar-refractivity contribution in [3.05, 3.63) is 24.3 Å². The van der Waals surface area contributed by atoms with Crippen LogP contribution in [0.1, 0.15) is 0 Å². The van der Waals surface area contributed by atoms with Crippen LogP contribution in [0.25, 0.3) is 0 Å². The summed E-state index contributed by atoms with van der Waals surface area (Å²) in [5.74, 6) is -0.559. The number of sulfone groups is 1. The molecular weight excluding hydrogens is 270 g/mol. The van der Waals surface area contributed by atoms with Gasteiger partial charge < -0.3 is 5.73 Å². The quantitative estimate of drug-likeness (QED) is 0.568. The van der Waals surface area contributed by atoms with E-state index in [9.17, 15) is 16.8 Å². The van der Waals surface area contributed by atoms with E-state index in [0.29, 0.717) is 5.69 Å². The Morgan fingerprint density at radius 2 is 1.65 bits per heavy atom. The summed E-state index contributed by atoms with van der Waals surface area (Å²) in [6.45, 7) is -0.647. The Kier molecular flexibility index (Phi) is 4.09. The lowest BCUT2D eigenvalue weighted by molar-refractivity contribution is 0.284. The van der Waals surface area contributed by atoms with Crippen molar-refractivity contribution in [1.82, 2.24) is 0 Å². The maximum absolute atomic E-state index is 11.6. The maximum Gasteiger partial charge on any atom is 0.397 e. The largest absolute Gasteiger partial charge is 0.399 e. The van der Waals surface area contributed by atoms with Crippen molar-refractivity contribution >= 4 is 25.9 Å². The molecule has 0 amide bonds. The molecule has 0 fully saturated rings. The van der Waals surface area contributed by atoms with E-state index in [1.807, 2.05) is 0 Å². The first-order chi connectivity index (χ1) is 7.71. The van der Waals surface area contributed by atoms with Gasteiger partial charge in [0.1, 0.15) is 0 Å². The lowest BCUT2D eigenvalue weighted by atomic mass is 10.3. The van der Waals surface area contributed by atoms with Crippen LogP contribution in [-0.4, -0.2) is 33.7 Å². The van der Waals surface area contributed by atoms with Gasteiger partial charge in [-0.3, -0.25) is 4.55 Å². The summed E-state index contributed by atoms with van der Waals surface area (Å²) in [6.07, 6.45) is 0. The van der Waals surface area contributed by atoms with E-state index >= 15 is 0 Å². The molecule has 0 unspecified atom stereocenters. The smallest absolute Gasteiger partial charge is 0.397 e. The van der Waals surface area contributed by atoms with Crippen molar-refractivity contribution in [3.63, 3.8) is 0 Å². The molecule has 3 N–H and O–H groups in total. The summed E-state index contributed by atoms with van der Waals surface area (Å²) in [4.78, 5) is 0.00522. The van der Waals surface area contributed by atoms with Crippen molar-refractivity contribution in [2.75, 3.05) is 18.1 Å². The van der Waals surface area contributed by atoms with Gasteiger partial charge in [0.15, 0.2) is 9.84 Å². The van der Waals surface area contributed by atoms with Gasteiger partial charge in [0.05, 0.1) is 17.3 Å². The molecule has 0 radical (unpaired) electrons. The summed E-state index contributed by atoms with van der Waals surface area (Å²) in [6, 6.07) is 5.43. The zero-order chi connectivity index (χ0) is 13.1. The molecule has 0 aromatic heterocycles. The average Bonchev–Trinajstić information content (AvgIpc) is 2.15. The topological polar surface area (TPSA) is 124 Å². The van der Waals surface area contributed by atoms with E-state index < -0.39 is 32.6 Å². The van der Waals surface area contributed by atoms with E-state index in [4.69, 9.17) is 10.3 Å². The molecule has 1 aromatic carbocycles. The fourth-order valence-electron chi connectivity index (χ4n) is 1.04. The number of anilines is 1. The number of hydrogen-bond donors (Lipinski definition) is 2. The summed E-state index contributed by atoms with van der Waals surface area (Å²) < 4.78 is 55.9. The summed E-state index contributed by atoms with van der Waals surface area (Å²) in [7, 11) is -8.28. The van der Waals surface area contributed by atoms with Gasteiger partial charge >= 0.3 is 10.4 Å². The maximum atomic E-state index is 11.6. The first kappa shape index (κ1) is 13.9. The third kappa shape index (κ3) is 4.69. The van der Waals surface area contributed by atoms with Gasteiger partial charge in [0.2, 0.25) is 0 Å². The second kappa shape index (κ2) is 5.00. The van der Waals surface area contributed by atoms with Crippen LogP contribution < -0.4 is 5.73 Å². The van der Waals surface area contributed by atoms with Crippen LogP contribution in [0.4, 0.5) is 5.69 Å². The van der Waals surface area contributed by atoms with E-state index in [1.54, 1.807) is 0 Å². The summed E-state index contributed by atoms with van der Waals surface area (Å²) in [5.41, 5.74) is 5.81. The predicted molar refractivity (Wildman–Crippen MR) is 60.4 cm³/mol. The summed E-state index contributed by atoms with van der Waals surface area (Å²) >= 11 is 0. The van der Waals surface area contributed by atoms with Crippen molar-refractivity contribution in [3.8, 4) is 0 Å². The predicted octanol–water partition coefficient (Wildman–Crippen LogP) is -0.138. The normalized spacial score (nSPS) is 12.5. The monoisotopic (exact) mass is 281 g/mol. The Balaban J connectivity index is 2.73. The SMILES string of the molecule is Nc1ccc(S(=O)(=O)CCOS(=O)(=O)O)cc1. The highest BCUT2D eigenvalue weighted by atomic mass is 32.3. The van der Waals surface area contributed by atoms with Crippen molar-refractivity contribution < 1.29 is 25.6 Å². The Hall–Kier alpha value is -1.16. The molecule has 96 valence electrons. The average molecular weight is 281 g/mol. The molecule has 0 aliphatic heterocycles. The number of nitrogen functional groups attached to an aromatic ring is 1. The van der Waals surface area contributed by atoms with E-state index in [-0.39, 0.29) is 4.90 Å². The van der Waals surface area contributed by atoms with Crippen LogP contribution in [0, 0.1) is 0 Å². The standard InChI is InChI=1S/C8H11NO6S2/c9-7-1-3-8(4-2-7)16(10,11)6-5-15-17(12,13)14/h1-4H,5-6,9H2,(H,12,13,14). The van der Waals surface area contributed by atoms with Crippen molar-refractivity contribution in [2.24, 2.45) is 0 Å². The highest BCUT2D eigenvalue weighted by Gasteiger charge is 2.16. The highest BCUT2D eigenvalue weighted by molar-refractivity contribution is 7.91. The molecule has 9 heteroatoms. The van der Waals surface area contributed by atoms with Gasteiger partial charge in [-0.25, -0.2) is 12.6 Å². The molecule has 1 rings (SSSR count). The molecule has 0 saturated carbocycles. The molecule has 0 atom stereocenters. The number of nitrogens with two attached hydrogens (primary N) is 1. The molecule has 0 heterocycles. The molecular formula is C8H11NO6S2. The number of benzene rings is 1. The minimum absolute atomic E-state index is 0.00522. The molecule has 0 bridgehead atoms. The number of rotatable bonds is 5. The highest BCUT2D eigenvalue weighted by Crippen LogP contribution is 2.13. The van der Waals surface area contributed by atoms with Crippen molar-refractivity contribution in [1.29, 1.82) is 0 Å². The number of hydrogen-bond acceptors (Lipinski definition) is 6. The Bertz CT molecular complexity index is 575. The van der Waals surface area contributed by atoms with Crippen LogP contribution in [-0.2, 0) is 24.4 Å². The lowest BCUT2D eigenvalue weighted by Crippen LogP contribution is -2.15. The first-order valence-electron chi connectivity index (χ1n) is 4.41. The van der Waals surface area contributed by atoms with Crippen LogP contribution in [0.5, 0.6) is 0 Å². The van der Waals surface area contributed by atoms with Crippen LogP contribution in [0.3, 0.4) is 0 Å². The van der Waals surface area contributed by atoms with E-state index in [2.05, 4.69) is 4.18 Å². The first-order valence-corrected chi connectivity index (χ1v) is 7.42.